The highest BCUT2D eigenvalue weighted by atomic mass is 19.1. The van der Waals surface area contributed by atoms with Crippen LogP contribution in [0, 0.1) is 11.2 Å². The maximum absolute atomic E-state index is 13.3. The number of halogens is 1. The van der Waals surface area contributed by atoms with Crippen LogP contribution in [0.4, 0.5) is 4.39 Å². The molecule has 1 saturated heterocycles. The van der Waals surface area contributed by atoms with E-state index in [1.807, 2.05) is 39.0 Å². The van der Waals surface area contributed by atoms with Gasteiger partial charge >= 0.3 is 0 Å². The highest BCUT2D eigenvalue weighted by molar-refractivity contribution is 5.86. The fourth-order valence-electron chi connectivity index (χ4n) is 3.92. The molecule has 0 radical (unpaired) electrons. The number of carbonyl (C=O) groups is 2. The Morgan fingerprint density at radius 2 is 1.79 bits per heavy atom. The second-order valence-electron chi connectivity index (χ2n) is 9.06. The third-order valence-electron chi connectivity index (χ3n) is 5.42. The van der Waals surface area contributed by atoms with Crippen molar-refractivity contribution in [1.82, 2.24) is 10.2 Å². The molecule has 0 aliphatic carbocycles. The summed E-state index contributed by atoms with van der Waals surface area (Å²) >= 11 is 0. The van der Waals surface area contributed by atoms with Gasteiger partial charge in [-0.1, -0.05) is 36.4 Å². The van der Waals surface area contributed by atoms with Crippen LogP contribution in [0.3, 0.4) is 0 Å². The first-order valence-corrected chi connectivity index (χ1v) is 10.0. The molecule has 0 saturated carbocycles. The zero-order valence-corrected chi connectivity index (χ0v) is 17.6. The van der Waals surface area contributed by atoms with Gasteiger partial charge in [-0.2, -0.15) is 0 Å². The van der Waals surface area contributed by atoms with Crippen molar-refractivity contribution in [3.8, 4) is 11.1 Å². The van der Waals surface area contributed by atoms with Crippen molar-refractivity contribution in [3.63, 3.8) is 0 Å². The molecule has 29 heavy (non-hydrogen) atoms. The number of amides is 2. The Morgan fingerprint density at radius 1 is 1.10 bits per heavy atom. The minimum absolute atomic E-state index is 0.00417. The van der Waals surface area contributed by atoms with Crippen LogP contribution in [0.1, 0.15) is 39.7 Å². The van der Waals surface area contributed by atoms with Crippen LogP contribution in [-0.2, 0) is 16.0 Å². The molecule has 1 atom stereocenters. The zero-order chi connectivity index (χ0) is 21.2. The molecule has 2 aromatic carbocycles. The van der Waals surface area contributed by atoms with Crippen molar-refractivity contribution >= 4 is 11.8 Å². The third-order valence-corrected chi connectivity index (χ3v) is 5.42. The molecule has 0 unspecified atom stereocenters. The molecule has 1 aliphatic heterocycles. The summed E-state index contributed by atoms with van der Waals surface area (Å²) in [5.74, 6) is -0.283. The first-order valence-electron chi connectivity index (χ1n) is 10.0. The summed E-state index contributed by atoms with van der Waals surface area (Å²) in [6.45, 7) is 8.45. The Labute approximate surface area is 172 Å². The maximum atomic E-state index is 13.3. The Bertz CT molecular complexity index is 902. The number of nitrogens with one attached hydrogen (secondary N) is 1. The van der Waals surface area contributed by atoms with Gasteiger partial charge in [-0.05, 0) is 62.4 Å². The van der Waals surface area contributed by atoms with Gasteiger partial charge in [0.05, 0.1) is 5.41 Å². The lowest BCUT2D eigenvalue weighted by Gasteiger charge is -2.32. The summed E-state index contributed by atoms with van der Waals surface area (Å²) in [5.41, 5.74) is 1.94. The molecule has 1 fully saturated rings. The SMILES string of the molecule is CC(=O)N1CC[C@](Cc2cccc(-c3ccc(F)cc3)c2)(C(=O)NC(C)(C)C)C1. The molecular weight excluding hydrogens is 367 g/mol. The molecule has 154 valence electrons. The first kappa shape index (κ1) is 21.0. The number of benzene rings is 2. The van der Waals surface area contributed by atoms with E-state index in [2.05, 4.69) is 11.4 Å². The smallest absolute Gasteiger partial charge is 0.228 e. The van der Waals surface area contributed by atoms with E-state index in [1.165, 1.54) is 12.1 Å². The number of nitrogens with zero attached hydrogens (tertiary/aromatic N) is 1. The van der Waals surface area contributed by atoms with Gasteiger partial charge in [-0.25, -0.2) is 4.39 Å². The van der Waals surface area contributed by atoms with E-state index < -0.39 is 5.41 Å². The van der Waals surface area contributed by atoms with E-state index in [1.54, 1.807) is 24.0 Å². The molecule has 3 rings (SSSR count). The van der Waals surface area contributed by atoms with Crippen LogP contribution in [0.2, 0.25) is 0 Å². The van der Waals surface area contributed by atoms with Crippen molar-refractivity contribution in [2.75, 3.05) is 13.1 Å². The molecule has 2 amide bonds. The van der Waals surface area contributed by atoms with Crippen molar-refractivity contribution in [2.45, 2.75) is 46.1 Å². The van der Waals surface area contributed by atoms with Crippen LogP contribution in [-0.4, -0.2) is 35.3 Å². The van der Waals surface area contributed by atoms with E-state index in [0.717, 1.165) is 16.7 Å². The van der Waals surface area contributed by atoms with Gasteiger partial charge in [-0.3, -0.25) is 9.59 Å². The fourth-order valence-corrected chi connectivity index (χ4v) is 3.92. The average molecular weight is 397 g/mol. The number of likely N-dealkylation sites (tertiary alicyclic amines) is 1. The lowest BCUT2D eigenvalue weighted by molar-refractivity contribution is -0.133. The summed E-state index contributed by atoms with van der Waals surface area (Å²) in [4.78, 5) is 26.9. The largest absolute Gasteiger partial charge is 0.351 e. The molecule has 1 N–H and O–H groups in total. The van der Waals surface area contributed by atoms with Crippen LogP contribution in [0.15, 0.2) is 48.5 Å². The number of hydrogen-bond donors (Lipinski definition) is 1. The molecule has 0 aromatic heterocycles. The standard InChI is InChI=1S/C24H29FN2O2/c1-17(28)27-13-12-24(16-27,22(29)26-23(2,3)4)15-18-6-5-7-20(14-18)19-8-10-21(25)11-9-19/h5-11,14H,12-13,15-16H2,1-4H3,(H,26,29)/t24-/m1/s1. The maximum Gasteiger partial charge on any atom is 0.228 e. The van der Waals surface area contributed by atoms with Crippen LogP contribution in [0.25, 0.3) is 11.1 Å². The van der Waals surface area contributed by atoms with Gasteiger partial charge in [0.1, 0.15) is 5.82 Å². The lowest BCUT2D eigenvalue weighted by atomic mass is 9.78. The summed E-state index contributed by atoms with van der Waals surface area (Å²) in [7, 11) is 0. The zero-order valence-electron chi connectivity index (χ0n) is 17.6. The van der Waals surface area contributed by atoms with Gasteiger partial charge in [0, 0.05) is 25.6 Å². The highest BCUT2D eigenvalue weighted by Crippen LogP contribution is 2.36. The molecule has 0 spiro atoms. The summed E-state index contributed by atoms with van der Waals surface area (Å²) < 4.78 is 13.3. The lowest BCUT2D eigenvalue weighted by Crippen LogP contribution is -2.51. The minimum atomic E-state index is -0.652. The monoisotopic (exact) mass is 396 g/mol. The number of hydrogen-bond acceptors (Lipinski definition) is 2. The van der Waals surface area contributed by atoms with Crippen molar-refractivity contribution in [1.29, 1.82) is 0 Å². The molecule has 2 aromatic rings. The Kier molecular flexibility index (Phi) is 5.78. The Hall–Kier alpha value is -2.69. The summed E-state index contributed by atoms with van der Waals surface area (Å²) in [6, 6.07) is 14.4. The Morgan fingerprint density at radius 3 is 2.38 bits per heavy atom. The van der Waals surface area contributed by atoms with Crippen molar-refractivity contribution < 1.29 is 14.0 Å². The molecule has 4 nitrogen and oxygen atoms in total. The number of carbonyl (C=O) groups excluding carboxylic acids is 2. The van der Waals surface area contributed by atoms with Crippen molar-refractivity contribution in [2.24, 2.45) is 5.41 Å². The van der Waals surface area contributed by atoms with E-state index in [9.17, 15) is 14.0 Å². The second kappa shape index (κ2) is 7.97. The van der Waals surface area contributed by atoms with Gasteiger partial charge in [0.2, 0.25) is 11.8 Å². The Balaban J connectivity index is 1.90. The number of rotatable bonds is 4. The molecule has 0 bridgehead atoms. The van der Waals surface area contributed by atoms with Gasteiger partial charge in [0.15, 0.2) is 0 Å². The van der Waals surface area contributed by atoms with E-state index >= 15 is 0 Å². The third kappa shape index (κ3) is 5.03. The predicted octanol–water partition coefficient (Wildman–Crippen LogP) is 4.19. The van der Waals surface area contributed by atoms with E-state index in [-0.39, 0.29) is 23.2 Å². The second-order valence-corrected chi connectivity index (χ2v) is 9.06. The average Bonchev–Trinajstić information content (AvgIpc) is 3.07. The van der Waals surface area contributed by atoms with E-state index in [0.29, 0.717) is 25.9 Å². The normalized spacial score (nSPS) is 19.3. The van der Waals surface area contributed by atoms with Crippen LogP contribution >= 0.6 is 0 Å². The molecule has 5 heteroatoms. The topological polar surface area (TPSA) is 49.4 Å². The summed E-state index contributed by atoms with van der Waals surface area (Å²) in [6.07, 6.45) is 1.18. The summed E-state index contributed by atoms with van der Waals surface area (Å²) in [5, 5.41) is 3.12. The van der Waals surface area contributed by atoms with Crippen LogP contribution < -0.4 is 5.32 Å². The minimum Gasteiger partial charge on any atom is -0.351 e. The highest BCUT2D eigenvalue weighted by Gasteiger charge is 2.46. The van der Waals surface area contributed by atoms with Gasteiger partial charge < -0.3 is 10.2 Å². The molecule has 1 aliphatic rings. The van der Waals surface area contributed by atoms with Gasteiger partial charge in [-0.15, -0.1) is 0 Å². The van der Waals surface area contributed by atoms with E-state index in [4.69, 9.17) is 0 Å². The van der Waals surface area contributed by atoms with Crippen molar-refractivity contribution in [3.05, 3.63) is 59.9 Å². The first-order chi connectivity index (χ1) is 13.6. The van der Waals surface area contributed by atoms with Gasteiger partial charge in [0.25, 0.3) is 0 Å². The predicted molar refractivity (Wildman–Crippen MR) is 113 cm³/mol. The fraction of sp³-hybridized carbons (Fsp3) is 0.417. The quantitative estimate of drug-likeness (QED) is 0.843. The molecular formula is C24H29FN2O2. The molecule has 1 heterocycles. The van der Waals surface area contributed by atoms with Crippen LogP contribution in [0.5, 0.6) is 0 Å².